The summed E-state index contributed by atoms with van der Waals surface area (Å²) in [5.41, 5.74) is 2.77. The maximum atomic E-state index is 14.2. The first-order chi connectivity index (χ1) is 13.4. The Morgan fingerprint density at radius 2 is 2.11 bits per heavy atom. The average Bonchev–Trinajstić information content (AvgIpc) is 3.27. The van der Waals surface area contributed by atoms with Gasteiger partial charge in [0.05, 0.1) is 35.7 Å². The SMILES string of the molecule is CS(=O)(=O)Nc1ccc2c(-c3ccc(C#N)c(F)c3)cn(C3CCOC3)c2c1. The predicted molar refractivity (Wildman–Crippen MR) is 105 cm³/mol. The van der Waals surface area contributed by atoms with Crippen LogP contribution in [0.3, 0.4) is 0 Å². The van der Waals surface area contributed by atoms with Crippen LogP contribution in [-0.4, -0.2) is 32.5 Å². The van der Waals surface area contributed by atoms with Gasteiger partial charge in [-0.1, -0.05) is 12.1 Å². The summed E-state index contributed by atoms with van der Waals surface area (Å²) in [4.78, 5) is 0. The van der Waals surface area contributed by atoms with Gasteiger partial charge in [-0.15, -0.1) is 0 Å². The van der Waals surface area contributed by atoms with Gasteiger partial charge in [0.15, 0.2) is 0 Å². The van der Waals surface area contributed by atoms with Gasteiger partial charge in [-0.25, -0.2) is 12.8 Å². The summed E-state index contributed by atoms with van der Waals surface area (Å²) < 4.78 is 47.4. The second kappa shape index (κ2) is 6.93. The zero-order valence-electron chi connectivity index (χ0n) is 15.1. The Hall–Kier alpha value is -2.89. The number of anilines is 1. The van der Waals surface area contributed by atoms with Crippen molar-refractivity contribution in [3.63, 3.8) is 0 Å². The van der Waals surface area contributed by atoms with Crippen molar-refractivity contribution >= 4 is 26.6 Å². The molecule has 0 bridgehead atoms. The van der Waals surface area contributed by atoms with E-state index in [1.54, 1.807) is 18.2 Å². The number of rotatable bonds is 4. The van der Waals surface area contributed by atoms with Crippen LogP contribution in [0.4, 0.5) is 10.1 Å². The summed E-state index contributed by atoms with van der Waals surface area (Å²) in [5.74, 6) is -0.569. The highest BCUT2D eigenvalue weighted by Crippen LogP contribution is 2.36. The minimum absolute atomic E-state index is 0.00341. The van der Waals surface area contributed by atoms with Crippen LogP contribution in [0.2, 0.25) is 0 Å². The van der Waals surface area contributed by atoms with Crippen LogP contribution in [0.5, 0.6) is 0 Å². The fourth-order valence-electron chi connectivity index (χ4n) is 3.58. The number of halogens is 1. The molecule has 1 aliphatic rings. The lowest BCUT2D eigenvalue weighted by Crippen LogP contribution is -2.10. The van der Waals surface area contributed by atoms with Crippen molar-refractivity contribution in [1.82, 2.24) is 4.57 Å². The van der Waals surface area contributed by atoms with Crippen molar-refractivity contribution in [2.45, 2.75) is 12.5 Å². The van der Waals surface area contributed by atoms with Crippen LogP contribution in [0.25, 0.3) is 22.0 Å². The number of fused-ring (bicyclic) bond motifs is 1. The summed E-state index contributed by atoms with van der Waals surface area (Å²) in [6, 6.07) is 11.8. The van der Waals surface area contributed by atoms with Gasteiger partial charge >= 0.3 is 0 Å². The van der Waals surface area contributed by atoms with E-state index in [0.717, 1.165) is 29.1 Å². The Morgan fingerprint density at radius 1 is 1.29 bits per heavy atom. The molecule has 1 fully saturated rings. The second-order valence-corrected chi connectivity index (χ2v) is 8.63. The van der Waals surface area contributed by atoms with Gasteiger partial charge in [-0.05, 0) is 36.2 Å². The number of nitriles is 1. The Kier molecular flexibility index (Phi) is 4.57. The van der Waals surface area contributed by atoms with Gasteiger partial charge in [0.25, 0.3) is 0 Å². The fourth-order valence-corrected chi connectivity index (χ4v) is 4.13. The molecule has 144 valence electrons. The second-order valence-electron chi connectivity index (χ2n) is 6.88. The zero-order chi connectivity index (χ0) is 19.9. The molecular weight excluding hydrogens is 381 g/mol. The molecule has 3 aromatic rings. The van der Waals surface area contributed by atoms with E-state index >= 15 is 0 Å². The van der Waals surface area contributed by atoms with E-state index in [2.05, 4.69) is 9.29 Å². The van der Waals surface area contributed by atoms with Crippen molar-refractivity contribution in [2.75, 3.05) is 24.2 Å². The maximum Gasteiger partial charge on any atom is 0.229 e. The molecule has 0 saturated carbocycles. The lowest BCUT2D eigenvalue weighted by molar-refractivity contribution is 0.187. The van der Waals surface area contributed by atoms with Crippen LogP contribution in [0.1, 0.15) is 18.0 Å². The molecular formula is C20H18FN3O3S. The monoisotopic (exact) mass is 399 g/mol. The van der Waals surface area contributed by atoms with E-state index in [-0.39, 0.29) is 11.6 Å². The van der Waals surface area contributed by atoms with Crippen LogP contribution in [-0.2, 0) is 14.8 Å². The third kappa shape index (κ3) is 3.46. The number of nitrogens with one attached hydrogen (secondary N) is 1. The van der Waals surface area contributed by atoms with Crippen molar-refractivity contribution in [1.29, 1.82) is 5.26 Å². The standard InChI is InChI=1S/C20H18FN3O3S/c1-28(25,26)23-15-4-5-17-18(13-2-3-14(10-22)19(21)8-13)11-24(20(17)9-15)16-6-7-27-12-16/h2-5,8-9,11,16,23H,6-7,12H2,1H3. The van der Waals surface area contributed by atoms with Crippen molar-refractivity contribution < 1.29 is 17.5 Å². The average molecular weight is 399 g/mol. The van der Waals surface area contributed by atoms with E-state index in [4.69, 9.17) is 10.00 Å². The third-order valence-electron chi connectivity index (χ3n) is 4.84. The summed E-state index contributed by atoms with van der Waals surface area (Å²) in [6.07, 6.45) is 3.88. The van der Waals surface area contributed by atoms with Gasteiger partial charge in [0, 0.05) is 23.8 Å². The molecule has 0 amide bonds. The summed E-state index contributed by atoms with van der Waals surface area (Å²) in [6.45, 7) is 1.22. The number of benzene rings is 2. The summed E-state index contributed by atoms with van der Waals surface area (Å²) in [7, 11) is -3.40. The van der Waals surface area contributed by atoms with Gasteiger partial charge in [-0.2, -0.15) is 5.26 Å². The molecule has 0 aliphatic carbocycles. The number of sulfonamides is 1. The highest BCUT2D eigenvalue weighted by atomic mass is 32.2. The summed E-state index contributed by atoms with van der Waals surface area (Å²) in [5, 5.41) is 9.83. The molecule has 2 heterocycles. The molecule has 8 heteroatoms. The largest absolute Gasteiger partial charge is 0.379 e. The first-order valence-corrected chi connectivity index (χ1v) is 10.6. The van der Waals surface area contributed by atoms with Crippen LogP contribution in [0.15, 0.2) is 42.6 Å². The third-order valence-corrected chi connectivity index (χ3v) is 5.44. The Morgan fingerprint density at radius 3 is 2.75 bits per heavy atom. The normalized spacial score (nSPS) is 17.0. The lowest BCUT2D eigenvalue weighted by Gasteiger charge is -2.12. The highest BCUT2D eigenvalue weighted by molar-refractivity contribution is 7.92. The van der Waals surface area contributed by atoms with Gasteiger partial charge in [-0.3, -0.25) is 4.72 Å². The molecule has 2 aromatic carbocycles. The Bertz CT molecular complexity index is 1210. The van der Waals surface area contributed by atoms with E-state index in [1.807, 2.05) is 18.3 Å². The summed E-state index contributed by atoms with van der Waals surface area (Å²) >= 11 is 0. The molecule has 28 heavy (non-hydrogen) atoms. The van der Waals surface area contributed by atoms with E-state index in [9.17, 15) is 12.8 Å². The molecule has 6 nitrogen and oxygen atoms in total. The predicted octanol–water partition coefficient (Wildman–Crippen LogP) is 3.65. The number of hydrogen-bond acceptors (Lipinski definition) is 4. The number of aromatic nitrogens is 1. The Labute approximate surface area is 162 Å². The van der Waals surface area contributed by atoms with Crippen LogP contribution >= 0.6 is 0 Å². The number of ether oxygens (including phenoxy) is 1. The van der Waals surface area contributed by atoms with Crippen LogP contribution < -0.4 is 4.72 Å². The van der Waals surface area contributed by atoms with Crippen molar-refractivity contribution in [3.8, 4) is 17.2 Å². The van der Waals surface area contributed by atoms with Gasteiger partial charge < -0.3 is 9.30 Å². The molecule has 1 aromatic heterocycles. The van der Waals surface area contributed by atoms with Crippen molar-refractivity contribution in [2.24, 2.45) is 0 Å². The van der Waals surface area contributed by atoms with Gasteiger partial charge in [0.2, 0.25) is 10.0 Å². The molecule has 1 N–H and O–H groups in total. The van der Waals surface area contributed by atoms with E-state index in [1.165, 1.54) is 12.1 Å². The van der Waals surface area contributed by atoms with E-state index in [0.29, 0.717) is 24.5 Å². The number of nitrogens with zero attached hydrogens (tertiary/aromatic N) is 2. The molecule has 0 radical (unpaired) electrons. The minimum Gasteiger partial charge on any atom is -0.379 e. The molecule has 1 aliphatic heterocycles. The van der Waals surface area contributed by atoms with Crippen LogP contribution in [0, 0.1) is 17.1 Å². The first-order valence-electron chi connectivity index (χ1n) is 8.76. The molecule has 4 rings (SSSR count). The fraction of sp³-hybridized carbons (Fsp3) is 0.250. The number of hydrogen-bond donors (Lipinski definition) is 1. The molecule has 1 saturated heterocycles. The minimum atomic E-state index is -3.40. The quantitative estimate of drug-likeness (QED) is 0.726. The van der Waals surface area contributed by atoms with E-state index < -0.39 is 15.8 Å². The highest BCUT2D eigenvalue weighted by Gasteiger charge is 2.22. The molecule has 1 atom stereocenters. The molecule has 0 spiro atoms. The zero-order valence-corrected chi connectivity index (χ0v) is 16.0. The van der Waals surface area contributed by atoms with Crippen molar-refractivity contribution in [3.05, 3.63) is 54.0 Å². The topological polar surface area (TPSA) is 84.1 Å². The Balaban J connectivity index is 1.89. The maximum absolute atomic E-state index is 14.2. The molecule has 1 unspecified atom stereocenters. The lowest BCUT2D eigenvalue weighted by atomic mass is 10.0. The first kappa shape index (κ1) is 18.5. The smallest absolute Gasteiger partial charge is 0.229 e. The van der Waals surface area contributed by atoms with Gasteiger partial charge in [0.1, 0.15) is 11.9 Å².